The van der Waals surface area contributed by atoms with E-state index in [0.29, 0.717) is 40.6 Å². The Morgan fingerprint density at radius 2 is 1.56 bits per heavy atom. The van der Waals surface area contributed by atoms with E-state index in [-0.39, 0.29) is 36.7 Å². The summed E-state index contributed by atoms with van der Waals surface area (Å²) < 4.78 is 0. The molecule has 1 unspecified atom stereocenters. The van der Waals surface area contributed by atoms with Gasteiger partial charge in [0.2, 0.25) is 11.8 Å². The molecule has 8 heteroatoms. The van der Waals surface area contributed by atoms with Crippen molar-refractivity contribution < 1.29 is 14.4 Å². The van der Waals surface area contributed by atoms with E-state index >= 15 is 0 Å². The monoisotopic (exact) mass is 641 g/mol. The molecule has 1 heterocycles. The number of carbonyl (C=O) groups excluding carboxylic acids is 3. The molecular weight excluding hydrogens is 605 g/mol. The van der Waals surface area contributed by atoms with Crippen molar-refractivity contribution in [3.63, 3.8) is 0 Å². The average Bonchev–Trinajstić information content (AvgIpc) is 3.33. The van der Waals surface area contributed by atoms with Gasteiger partial charge in [0.25, 0.3) is 5.91 Å². The van der Waals surface area contributed by atoms with Gasteiger partial charge in [0, 0.05) is 58.5 Å². The molecule has 6 rings (SSSR count). The van der Waals surface area contributed by atoms with Crippen LogP contribution in [0.2, 0.25) is 10.0 Å². The van der Waals surface area contributed by atoms with Crippen LogP contribution in [-0.2, 0) is 22.6 Å². The third kappa shape index (κ3) is 6.87. The Labute approximate surface area is 274 Å². The topological polar surface area (TPSA) is 69.7 Å². The maximum Gasteiger partial charge on any atom is 0.258 e. The van der Waals surface area contributed by atoms with E-state index < -0.39 is 6.04 Å². The Morgan fingerprint density at radius 1 is 0.867 bits per heavy atom. The summed E-state index contributed by atoms with van der Waals surface area (Å²) in [5, 5.41) is 6.13. The zero-order valence-electron chi connectivity index (χ0n) is 25.2. The lowest BCUT2D eigenvalue weighted by molar-refractivity contribution is -0.141. The van der Waals surface area contributed by atoms with Crippen molar-refractivity contribution in [1.82, 2.24) is 10.2 Å². The third-order valence-corrected chi connectivity index (χ3v) is 9.74. The Morgan fingerprint density at radius 3 is 2.29 bits per heavy atom. The first-order valence-corrected chi connectivity index (χ1v) is 16.6. The molecule has 45 heavy (non-hydrogen) atoms. The molecule has 4 aromatic carbocycles. The Bertz CT molecular complexity index is 1680. The second kappa shape index (κ2) is 14.1. The van der Waals surface area contributed by atoms with Gasteiger partial charge < -0.3 is 15.1 Å². The van der Waals surface area contributed by atoms with Gasteiger partial charge in [0.15, 0.2) is 0 Å². The summed E-state index contributed by atoms with van der Waals surface area (Å²) in [5.74, 6) is -0.407. The molecule has 1 fully saturated rings. The number of nitrogens with zero attached hydrogens (tertiary/aromatic N) is 2. The first-order valence-electron chi connectivity index (χ1n) is 15.8. The average molecular weight is 643 g/mol. The minimum atomic E-state index is -0.763. The van der Waals surface area contributed by atoms with E-state index in [2.05, 4.69) is 5.32 Å². The molecule has 232 valence electrons. The van der Waals surface area contributed by atoms with Crippen LogP contribution in [0, 0.1) is 0 Å². The summed E-state index contributed by atoms with van der Waals surface area (Å²) >= 11 is 13.2. The molecule has 1 aliphatic heterocycles. The molecule has 2 aliphatic rings. The van der Waals surface area contributed by atoms with Crippen LogP contribution < -0.4 is 10.2 Å². The molecule has 0 aromatic heterocycles. The highest BCUT2D eigenvalue weighted by Gasteiger charge is 2.34. The summed E-state index contributed by atoms with van der Waals surface area (Å²) in [6.07, 6.45) is 6.16. The Balaban J connectivity index is 1.26. The standard InChI is InChI=1S/C37H37Cl2N3O3/c38-30-18-9-19-31(39)29(30)24-42(33(23-25-11-3-1-4-12-25)36(44)40-27-15-5-2-6-16-27)34(43)21-10-22-41-32-20-8-14-26-13-7-17-28(35(26)32)37(41)45/h1,3-4,7-9,11-14,17-20,27,33H,2,5-6,10,15-16,21-24H2,(H,40,44). The molecule has 1 saturated carbocycles. The number of hydrogen-bond acceptors (Lipinski definition) is 3. The van der Waals surface area contributed by atoms with Crippen LogP contribution in [0.4, 0.5) is 5.69 Å². The minimum absolute atomic E-state index is 0.0530. The van der Waals surface area contributed by atoms with Gasteiger partial charge in [-0.3, -0.25) is 14.4 Å². The highest BCUT2D eigenvalue weighted by molar-refractivity contribution is 6.36. The predicted molar refractivity (Wildman–Crippen MR) is 181 cm³/mol. The SMILES string of the molecule is O=C(NC1CCCCC1)C(Cc1ccccc1)N(Cc1c(Cl)cccc1Cl)C(=O)CCCN1C(=O)c2cccc3cccc1c23. The summed E-state index contributed by atoms with van der Waals surface area (Å²) in [4.78, 5) is 45.0. The molecule has 0 bridgehead atoms. The van der Waals surface area contributed by atoms with E-state index in [1.807, 2.05) is 66.7 Å². The van der Waals surface area contributed by atoms with E-state index in [9.17, 15) is 14.4 Å². The smallest absolute Gasteiger partial charge is 0.258 e. The fourth-order valence-electron chi connectivity index (χ4n) is 6.69. The molecule has 0 radical (unpaired) electrons. The molecule has 1 aliphatic carbocycles. The summed E-state index contributed by atoms with van der Waals surface area (Å²) in [5.41, 5.74) is 3.12. The molecular formula is C37H37Cl2N3O3. The Hall–Kier alpha value is -3.87. The van der Waals surface area contributed by atoms with Crippen molar-refractivity contribution in [1.29, 1.82) is 0 Å². The number of carbonyl (C=O) groups is 3. The van der Waals surface area contributed by atoms with Crippen LogP contribution in [0.1, 0.15) is 66.4 Å². The second-order valence-electron chi connectivity index (χ2n) is 12.0. The summed E-state index contributed by atoms with van der Waals surface area (Å²) in [6.45, 7) is 0.483. The number of halogens is 2. The largest absolute Gasteiger partial charge is 0.352 e. The van der Waals surface area contributed by atoms with Gasteiger partial charge in [-0.25, -0.2) is 0 Å². The molecule has 4 aromatic rings. The van der Waals surface area contributed by atoms with Crippen molar-refractivity contribution in [3.05, 3.63) is 112 Å². The van der Waals surface area contributed by atoms with Crippen molar-refractivity contribution in [3.8, 4) is 0 Å². The lowest BCUT2D eigenvalue weighted by atomic mass is 9.94. The number of nitrogens with one attached hydrogen (secondary N) is 1. The van der Waals surface area contributed by atoms with E-state index in [1.165, 1.54) is 6.42 Å². The number of amides is 3. The van der Waals surface area contributed by atoms with Gasteiger partial charge >= 0.3 is 0 Å². The van der Waals surface area contributed by atoms with Gasteiger partial charge in [-0.05, 0) is 54.5 Å². The maximum absolute atomic E-state index is 14.2. The first kappa shape index (κ1) is 31.1. The van der Waals surface area contributed by atoms with E-state index in [4.69, 9.17) is 23.2 Å². The molecule has 6 nitrogen and oxygen atoms in total. The molecule has 3 amide bonds. The summed E-state index contributed by atoms with van der Waals surface area (Å²) in [6, 6.07) is 26.0. The van der Waals surface area contributed by atoms with Gasteiger partial charge in [0.1, 0.15) is 6.04 Å². The number of benzene rings is 4. The van der Waals surface area contributed by atoms with Crippen molar-refractivity contribution in [2.24, 2.45) is 0 Å². The van der Waals surface area contributed by atoms with Crippen molar-refractivity contribution in [2.75, 3.05) is 11.4 Å². The van der Waals surface area contributed by atoms with Gasteiger partial charge in [-0.2, -0.15) is 0 Å². The lowest BCUT2D eigenvalue weighted by Crippen LogP contribution is -2.53. The molecule has 0 saturated heterocycles. The van der Waals surface area contributed by atoms with Crippen molar-refractivity contribution >= 4 is 57.4 Å². The number of anilines is 1. The Kier molecular flexibility index (Phi) is 9.72. The maximum atomic E-state index is 14.2. The highest BCUT2D eigenvalue weighted by Crippen LogP contribution is 2.37. The fourth-order valence-corrected chi connectivity index (χ4v) is 7.20. The minimum Gasteiger partial charge on any atom is -0.352 e. The van der Waals surface area contributed by atoms with Gasteiger partial charge in [-0.1, -0.05) is 103 Å². The van der Waals surface area contributed by atoms with Gasteiger partial charge in [0.05, 0.1) is 5.69 Å². The third-order valence-electron chi connectivity index (χ3n) is 9.03. The van der Waals surface area contributed by atoms with Crippen LogP contribution in [0.15, 0.2) is 84.9 Å². The fraction of sp³-hybridized carbons (Fsp3) is 0.324. The number of rotatable bonds is 11. The zero-order chi connectivity index (χ0) is 31.3. The van der Waals surface area contributed by atoms with Crippen LogP contribution >= 0.6 is 23.2 Å². The van der Waals surface area contributed by atoms with Crippen LogP contribution in [0.3, 0.4) is 0 Å². The molecule has 1 atom stereocenters. The quantitative estimate of drug-likeness (QED) is 0.180. The summed E-state index contributed by atoms with van der Waals surface area (Å²) in [7, 11) is 0. The molecule has 1 N–H and O–H groups in total. The normalized spacial score (nSPS) is 15.3. The van der Waals surface area contributed by atoms with Crippen LogP contribution in [0.5, 0.6) is 0 Å². The van der Waals surface area contributed by atoms with E-state index in [1.54, 1.807) is 28.0 Å². The zero-order valence-corrected chi connectivity index (χ0v) is 26.7. The van der Waals surface area contributed by atoms with Crippen molar-refractivity contribution in [2.45, 2.75) is 70.0 Å². The lowest BCUT2D eigenvalue weighted by Gasteiger charge is -2.34. The first-order chi connectivity index (χ1) is 21.9. The molecule has 0 spiro atoms. The predicted octanol–water partition coefficient (Wildman–Crippen LogP) is 7.98. The van der Waals surface area contributed by atoms with Crippen LogP contribution in [0.25, 0.3) is 10.8 Å². The van der Waals surface area contributed by atoms with E-state index in [0.717, 1.165) is 47.7 Å². The van der Waals surface area contributed by atoms with Crippen LogP contribution in [-0.4, -0.2) is 41.2 Å². The van der Waals surface area contributed by atoms with Gasteiger partial charge in [-0.15, -0.1) is 0 Å². The number of hydrogen-bond donors (Lipinski definition) is 1. The highest BCUT2D eigenvalue weighted by atomic mass is 35.5. The second-order valence-corrected chi connectivity index (χ2v) is 12.8.